The molecule has 9 heteroatoms. The number of rotatable bonds is 3. The maximum atomic E-state index is 12.8. The third-order valence-electron chi connectivity index (χ3n) is 3.71. The predicted octanol–water partition coefficient (Wildman–Crippen LogP) is 2.06. The molecule has 0 spiro atoms. The molecule has 1 aromatic heterocycles. The van der Waals surface area contributed by atoms with Crippen LogP contribution in [0.15, 0.2) is 18.3 Å². The molecule has 1 aliphatic rings. The molecule has 0 aromatic carbocycles. The van der Waals surface area contributed by atoms with E-state index in [2.05, 4.69) is 10.3 Å². The van der Waals surface area contributed by atoms with Crippen LogP contribution in [0.25, 0.3) is 0 Å². The molecule has 0 radical (unpaired) electrons. The van der Waals surface area contributed by atoms with Gasteiger partial charge in [-0.3, -0.25) is 9.69 Å². The van der Waals surface area contributed by atoms with Crippen molar-refractivity contribution in [3.05, 3.63) is 23.4 Å². The van der Waals surface area contributed by atoms with Gasteiger partial charge in [0.1, 0.15) is 5.82 Å². The van der Waals surface area contributed by atoms with Crippen LogP contribution < -0.4 is 5.32 Å². The summed E-state index contributed by atoms with van der Waals surface area (Å²) >= 11 is 5.67. The monoisotopic (exact) mass is 337 g/mol. The van der Waals surface area contributed by atoms with E-state index in [1.54, 1.807) is 0 Å². The van der Waals surface area contributed by atoms with Crippen LogP contribution in [0.4, 0.5) is 19.0 Å². The number of amides is 1. The van der Waals surface area contributed by atoms with Crippen LogP contribution in [0.1, 0.15) is 13.3 Å². The highest BCUT2D eigenvalue weighted by Crippen LogP contribution is 2.38. The summed E-state index contributed by atoms with van der Waals surface area (Å²) in [6, 6.07) is 2.20. The van der Waals surface area contributed by atoms with Gasteiger partial charge >= 0.3 is 6.18 Å². The van der Waals surface area contributed by atoms with Crippen molar-refractivity contribution in [1.29, 1.82) is 0 Å². The molecule has 1 aromatic rings. The average Bonchev–Trinajstić information content (AvgIpc) is 2.84. The molecule has 1 fully saturated rings. The van der Waals surface area contributed by atoms with Crippen molar-refractivity contribution in [3.8, 4) is 0 Å². The zero-order chi connectivity index (χ0) is 16.5. The van der Waals surface area contributed by atoms with Crippen molar-refractivity contribution in [3.63, 3.8) is 0 Å². The van der Waals surface area contributed by atoms with Gasteiger partial charge < -0.3 is 10.4 Å². The lowest BCUT2D eigenvalue weighted by molar-refractivity contribution is -0.254. The van der Waals surface area contributed by atoms with E-state index >= 15 is 0 Å². The van der Waals surface area contributed by atoms with Gasteiger partial charge in [0.25, 0.3) is 0 Å². The highest BCUT2D eigenvalue weighted by Gasteiger charge is 2.57. The number of nitrogens with one attached hydrogen (secondary N) is 1. The second-order valence-corrected chi connectivity index (χ2v) is 5.71. The van der Waals surface area contributed by atoms with Crippen molar-refractivity contribution in [2.45, 2.75) is 31.2 Å². The van der Waals surface area contributed by atoms with Gasteiger partial charge in [0.2, 0.25) is 5.91 Å². The van der Waals surface area contributed by atoms with E-state index in [-0.39, 0.29) is 12.4 Å². The standard InChI is InChI=1S/C13H15ClF3N3O2/c1-8(11(21)19-10-3-2-9(14)6-18-10)20-5-4-12(22,7-20)13(15,16)17/h2-3,6,8,22H,4-5,7H2,1H3,(H,18,19,21)/t8-,12+/m0/s1. The lowest BCUT2D eigenvalue weighted by atomic mass is 10.0. The number of pyridine rings is 1. The Morgan fingerprint density at radius 1 is 1.55 bits per heavy atom. The van der Waals surface area contributed by atoms with Gasteiger partial charge in [-0.15, -0.1) is 0 Å². The number of aliphatic hydroxyl groups is 1. The summed E-state index contributed by atoms with van der Waals surface area (Å²) in [4.78, 5) is 17.2. The molecule has 5 nitrogen and oxygen atoms in total. The van der Waals surface area contributed by atoms with Crippen LogP contribution in [0.2, 0.25) is 5.02 Å². The maximum Gasteiger partial charge on any atom is 0.418 e. The number of likely N-dealkylation sites (tertiary alicyclic amines) is 1. The van der Waals surface area contributed by atoms with E-state index < -0.39 is 36.7 Å². The number of anilines is 1. The average molecular weight is 338 g/mol. The summed E-state index contributed by atoms with van der Waals surface area (Å²) in [6.45, 7) is 0.838. The number of aromatic nitrogens is 1. The van der Waals surface area contributed by atoms with Gasteiger partial charge in [-0.25, -0.2) is 4.98 Å². The number of carbonyl (C=O) groups excluding carboxylic acids is 1. The van der Waals surface area contributed by atoms with Crippen molar-refractivity contribution < 1.29 is 23.1 Å². The summed E-state index contributed by atoms with van der Waals surface area (Å²) < 4.78 is 38.3. The van der Waals surface area contributed by atoms with Crippen LogP contribution in [0.3, 0.4) is 0 Å². The molecule has 0 aliphatic carbocycles. The molecule has 2 atom stereocenters. The number of hydrogen-bond donors (Lipinski definition) is 2. The van der Waals surface area contributed by atoms with Crippen molar-refractivity contribution in [1.82, 2.24) is 9.88 Å². The highest BCUT2D eigenvalue weighted by molar-refractivity contribution is 6.30. The molecule has 0 bridgehead atoms. The number of hydrogen-bond acceptors (Lipinski definition) is 4. The molecule has 1 aliphatic heterocycles. The topological polar surface area (TPSA) is 65.5 Å². The molecule has 122 valence electrons. The lowest BCUT2D eigenvalue weighted by Gasteiger charge is -2.28. The Labute approximate surface area is 130 Å². The number of carbonyl (C=O) groups is 1. The first kappa shape index (κ1) is 17.0. The van der Waals surface area contributed by atoms with Gasteiger partial charge in [0, 0.05) is 19.3 Å². The Hall–Kier alpha value is -1.38. The normalized spacial score (nSPS) is 24.3. The van der Waals surface area contributed by atoms with E-state index in [0.717, 1.165) is 0 Å². The van der Waals surface area contributed by atoms with E-state index in [0.29, 0.717) is 5.02 Å². The molecule has 2 heterocycles. The van der Waals surface area contributed by atoms with E-state index in [1.807, 2.05) is 0 Å². The SMILES string of the molecule is C[C@@H](C(=O)Nc1ccc(Cl)cn1)N1CC[C@](O)(C(F)(F)F)C1. The number of halogens is 4. The van der Waals surface area contributed by atoms with Gasteiger partial charge in [-0.05, 0) is 25.5 Å². The Bertz CT molecular complexity index is 552. The summed E-state index contributed by atoms with van der Waals surface area (Å²) in [7, 11) is 0. The fraction of sp³-hybridized carbons (Fsp3) is 0.538. The van der Waals surface area contributed by atoms with E-state index in [4.69, 9.17) is 11.6 Å². The highest BCUT2D eigenvalue weighted by atomic mass is 35.5. The fourth-order valence-corrected chi connectivity index (χ4v) is 2.34. The smallest absolute Gasteiger partial charge is 0.379 e. The minimum Gasteiger partial charge on any atom is -0.379 e. The van der Waals surface area contributed by atoms with Crippen molar-refractivity contribution in [2.75, 3.05) is 18.4 Å². The van der Waals surface area contributed by atoms with E-state index in [1.165, 1.54) is 30.2 Å². The maximum absolute atomic E-state index is 12.8. The van der Waals surface area contributed by atoms with Gasteiger partial charge in [-0.1, -0.05) is 11.6 Å². The zero-order valence-corrected chi connectivity index (χ0v) is 12.4. The molecular formula is C13H15ClF3N3O2. The van der Waals surface area contributed by atoms with Crippen molar-refractivity contribution >= 4 is 23.3 Å². The van der Waals surface area contributed by atoms with Crippen LogP contribution in [0.5, 0.6) is 0 Å². The Kier molecular flexibility index (Phi) is 4.65. The molecule has 1 amide bonds. The summed E-state index contributed by atoms with van der Waals surface area (Å²) in [5, 5.41) is 12.5. The van der Waals surface area contributed by atoms with Crippen LogP contribution in [-0.2, 0) is 4.79 Å². The molecule has 2 N–H and O–H groups in total. The van der Waals surface area contributed by atoms with Gasteiger partial charge in [-0.2, -0.15) is 13.2 Å². The number of nitrogens with zero attached hydrogens (tertiary/aromatic N) is 2. The van der Waals surface area contributed by atoms with Crippen molar-refractivity contribution in [2.24, 2.45) is 0 Å². The summed E-state index contributed by atoms with van der Waals surface area (Å²) in [5.41, 5.74) is -2.76. The minimum absolute atomic E-state index is 0.0152. The Morgan fingerprint density at radius 3 is 2.73 bits per heavy atom. The largest absolute Gasteiger partial charge is 0.418 e. The first-order chi connectivity index (χ1) is 10.1. The van der Waals surface area contributed by atoms with Crippen LogP contribution in [-0.4, -0.2) is 51.8 Å². The van der Waals surface area contributed by atoms with Crippen LogP contribution >= 0.6 is 11.6 Å². The van der Waals surface area contributed by atoms with Crippen LogP contribution in [0, 0.1) is 0 Å². The molecule has 0 saturated carbocycles. The second-order valence-electron chi connectivity index (χ2n) is 5.28. The predicted molar refractivity (Wildman–Crippen MR) is 74.5 cm³/mol. The zero-order valence-electron chi connectivity index (χ0n) is 11.7. The second kappa shape index (κ2) is 6.02. The van der Waals surface area contributed by atoms with E-state index in [9.17, 15) is 23.1 Å². The minimum atomic E-state index is -4.71. The summed E-state index contributed by atoms with van der Waals surface area (Å²) in [5.74, 6) is -0.243. The molecule has 1 saturated heterocycles. The first-order valence-electron chi connectivity index (χ1n) is 6.58. The Morgan fingerprint density at radius 2 is 2.23 bits per heavy atom. The number of alkyl halides is 3. The summed E-state index contributed by atoms with van der Waals surface area (Å²) in [6.07, 6.45) is -3.82. The third-order valence-corrected chi connectivity index (χ3v) is 3.93. The quantitative estimate of drug-likeness (QED) is 0.886. The molecular weight excluding hydrogens is 323 g/mol. The van der Waals surface area contributed by atoms with Gasteiger partial charge in [0.15, 0.2) is 5.60 Å². The lowest BCUT2D eigenvalue weighted by Crippen LogP contribution is -2.49. The molecule has 2 rings (SSSR count). The number of β-amino-alcohol motifs (C(OH)–C–C–N with tert-alkyl or cyclic N) is 1. The molecule has 22 heavy (non-hydrogen) atoms. The first-order valence-corrected chi connectivity index (χ1v) is 6.96. The Balaban J connectivity index is 1.99. The fourth-order valence-electron chi connectivity index (χ4n) is 2.23. The third kappa shape index (κ3) is 3.50. The molecule has 0 unspecified atom stereocenters. The van der Waals surface area contributed by atoms with Gasteiger partial charge in [0.05, 0.1) is 11.1 Å².